The molecule has 5 heteroatoms. The summed E-state index contributed by atoms with van der Waals surface area (Å²) in [5, 5.41) is 9.39. The van der Waals surface area contributed by atoms with Gasteiger partial charge in [0.2, 0.25) is 0 Å². The average molecular weight is 505 g/mol. The van der Waals surface area contributed by atoms with E-state index in [1.807, 2.05) is 24.3 Å². The Balaban J connectivity index is 3.90. The van der Waals surface area contributed by atoms with Crippen molar-refractivity contribution in [3.63, 3.8) is 0 Å². The Morgan fingerprint density at radius 1 is 0.639 bits per heavy atom. The Morgan fingerprint density at radius 2 is 1.08 bits per heavy atom. The fraction of sp³-hybridized carbons (Fsp3) is 0.677. The van der Waals surface area contributed by atoms with E-state index in [4.69, 9.17) is 9.47 Å². The molecule has 5 nitrogen and oxygen atoms in total. The minimum atomic E-state index is -0.885. The number of unbranched alkanes of at least 4 members (excludes halogenated alkanes) is 14. The van der Waals surface area contributed by atoms with Crippen molar-refractivity contribution in [2.75, 3.05) is 13.2 Å². The van der Waals surface area contributed by atoms with Crippen LogP contribution >= 0.6 is 0 Å². The van der Waals surface area contributed by atoms with Gasteiger partial charge in [-0.1, -0.05) is 127 Å². The van der Waals surface area contributed by atoms with Crippen LogP contribution in [0.2, 0.25) is 0 Å². The molecule has 0 aliphatic rings. The molecule has 0 radical (unpaired) electrons. The van der Waals surface area contributed by atoms with Crippen LogP contribution in [-0.2, 0) is 19.1 Å². The molecule has 0 unspecified atom stereocenters. The highest BCUT2D eigenvalue weighted by atomic mass is 16.6. The van der Waals surface area contributed by atoms with Gasteiger partial charge in [0.1, 0.15) is 6.61 Å². The third-order valence-corrected chi connectivity index (χ3v) is 5.81. The van der Waals surface area contributed by atoms with Crippen LogP contribution in [0.15, 0.2) is 48.6 Å². The van der Waals surface area contributed by atoms with Crippen LogP contribution in [0, 0.1) is 0 Å². The molecule has 0 rings (SSSR count). The highest BCUT2D eigenvalue weighted by Gasteiger charge is 2.13. The molecule has 0 aromatic rings. The van der Waals surface area contributed by atoms with Crippen molar-refractivity contribution >= 4 is 11.9 Å². The van der Waals surface area contributed by atoms with Gasteiger partial charge in [0.15, 0.2) is 6.10 Å². The van der Waals surface area contributed by atoms with Crippen LogP contribution < -0.4 is 0 Å². The lowest BCUT2D eigenvalue weighted by Gasteiger charge is -2.13. The van der Waals surface area contributed by atoms with Crippen LogP contribution in [0.4, 0.5) is 0 Å². The zero-order chi connectivity index (χ0) is 26.5. The van der Waals surface area contributed by atoms with E-state index in [2.05, 4.69) is 13.8 Å². The Hall–Kier alpha value is -2.14. The molecule has 0 aliphatic heterocycles. The first kappa shape index (κ1) is 33.9. The van der Waals surface area contributed by atoms with Gasteiger partial charge >= 0.3 is 11.9 Å². The summed E-state index contributed by atoms with van der Waals surface area (Å²) in [7, 11) is 0. The maximum atomic E-state index is 11.9. The third-order valence-electron chi connectivity index (χ3n) is 5.81. The molecule has 0 aromatic carbocycles. The molecule has 0 fully saturated rings. The maximum absolute atomic E-state index is 11.9. The van der Waals surface area contributed by atoms with Crippen molar-refractivity contribution < 1.29 is 24.2 Å². The normalized spacial score (nSPS) is 12.9. The first-order valence-corrected chi connectivity index (χ1v) is 14.3. The molecule has 0 bridgehead atoms. The Morgan fingerprint density at radius 3 is 1.56 bits per heavy atom. The van der Waals surface area contributed by atoms with Crippen LogP contribution in [0.1, 0.15) is 117 Å². The smallest absolute Gasteiger partial charge is 0.331 e. The predicted octanol–water partition coefficient (Wildman–Crippen LogP) is 7.94. The molecule has 0 spiro atoms. The van der Waals surface area contributed by atoms with E-state index in [9.17, 15) is 14.7 Å². The predicted molar refractivity (Wildman–Crippen MR) is 150 cm³/mol. The summed E-state index contributed by atoms with van der Waals surface area (Å²) in [6.45, 7) is 3.85. The summed E-state index contributed by atoms with van der Waals surface area (Å²) in [4.78, 5) is 23.7. The molecular weight excluding hydrogens is 452 g/mol. The third kappa shape index (κ3) is 25.0. The summed E-state index contributed by atoms with van der Waals surface area (Å²) in [5.74, 6) is -1.11. The lowest BCUT2D eigenvalue weighted by atomic mass is 10.1. The lowest BCUT2D eigenvalue weighted by molar-refractivity contribution is -0.154. The second-order valence-electron chi connectivity index (χ2n) is 9.27. The van der Waals surface area contributed by atoms with E-state index in [0.717, 1.165) is 25.7 Å². The first-order chi connectivity index (χ1) is 17.6. The Kier molecular flexibility index (Phi) is 25.8. The zero-order valence-corrected chi connectivity index (χ0v) is 23.0. The van der Waals surface area contributed by atoms with E-state index in [0.29, 0.717) is 0 Å². The van der Waals surface area contributed by atoms with Gasteiger partial charge in [-0.3, -0.25) is 0 Å². The molecule has 0 saturated heterocycles. The summed E-state index contributed by atoms with van der Waals surface area (Å²) in [6.07, 6.45) is 32.6. The summed E-state index contributed by atoms with van der Waals surface area (Å²) >= 11 is 0. The van der Waals surface area contributed by atoms with Gasteiger partial charge in [0.05, 0.1) is 6.61 Å². The fourth-order valence-corrected chi connectivity index (χ4v) is 3.61. The van der Waals surface area contributed by atoms with Crippen molar-refractivity contribution in [2.24, 2.45) is 0 Å². The van der Waals surface area contributed by atoms with Crippen molar-refractivity contribution in [3.05, 3.63) is 48.6 Å². The van der Waals surface area contributed by atoms with E-state index in [1.165, 1.54) is 89.2 Å². The van der Waals surface area contributed by atoms with E-state index in [1.54, 1.807) is 12.2 Å². The highest BCUT2D eigenvalue weighted by Crippen LogP contribution is 2.09. The number of aliphatic hydroxyl groups excluding tert-OH is 1. The van der Waals surface area contributed by atoms with Crippen LogP contribution in [0.25, 0.3) is 0 Å². The minimum Gasteiger partial charge on any atom is -0.458 e. The van der Waals surface area contributed by atoms with Crippen molar-refractivity contribution in [1.82, 2.24) is 0 Å². The second kappa shape index (κ2) is 27.4. The number of carbonyl (C=O) groups excluding carboxylic acids is 2. The van der Waals surface area contributed by atoms with Gasteiger partial charge in [-0.15, -0.1) is 0 Å². The fourth-order valence-electron chi connectivity index (χ4n) is 3.61. The maximum Gasteiger partial charge on any atom is 0.331 e. The van der Waals surface area contributed by atoms with Crippen molar-refractivity contribution in [1.29, 1.82) is 0 Å². The molecule has 0 aromatic heterocycles. The molecule has 1 N–H and O–H groups in total. The van der Waals surface area contributed by atoms with Gasteiger partial charge < -0.3 is 14.6 Å². The van der Waals surface area contributed by atoms with Gasteiger partial charge in [-0.2, -0.15) is 0 Å². The molecule has 1 atom stereocenters. The number of aliphatic hydroxyl groups is 1. The zero-order valence-electron chi connectivity index (χ0n) is 23.0. The van der Waals surface area contributed by atoms with Crippen LogP contribution in [0.5, 0.6) is 0 Å². The van der Waals surface area contributed by atoms with Crippen molar-refractivity contribution in [3.8, 4) is 0 Å². The number of hydrogen-bond donors (Lipinski definition) is 1. The van der Waals surface area contributed by atoms with Gasteiger partial charge in [0.25, 0.3) is 0 Å². The van der Waals surface area contributed by atoms with E-state index in [-0.39, 0.29) is 6.61 Å². The summed E-state index contributed by atoms with van der Waals surface area (Å²) in [5.41, 5.74) is 0. The number of allylic oxidation sites excluding steroid dienone is 6. The van der Waals surface area contributed by atoms with Gasteiger partial charge in [-0.05, 0) is 25.7 Å². The SMILES string of the molecule is CCCCCCCCC/C=C/C=C/C(=O)OC[C@@H](CO)OC(=O)/C=C/C=C/CCCCCCCCC. The number of ether oxygens (including phenoxy) is 2. The number of carbonyl (C=O) groups is 2. The van der Waals surface area contributed by atoms with Gasteiger partial charge in [-0.25, -0.2) is 9.59 Å². The average Bonchev–Trinajstić information content (AvgIpc) is 2.88. The quantitative estimate of drug-likeness (QED) is 0.0625. The molecular formula is C31H52O5. The van der Waals surface area contributed by atoms with E-state index >= 15 is 0 Å². The van der Waals surface area contributed by atoms with Gasteiger partial charge in [0, 0.05) is 12.2 Å². The van der Waals surface area contributed by atoms with Crippen LogP contribution in [-0.4, -0.2) is 36.4 Å². The lowest BCUT2D eigenvalue weighted by Crippen LogP contribution is -2.27. The number of rotatable bonds is 24. The topological polar surface area (TPSA) is 72.8 Å². The van der Waals surface area contributed by atoms with E-state index < -0.39 is 24.6 Å². The molecule has 0 heterocycles. The molecule has 0 amide bonds. The Bertz CT molecular complexity index is 633. The number of esters is 2. The largest absolute Gasteiger partial charge is 0.458 e. The second-order valence-corrected chi connectivity index (χ2v) is 9.27. The molecule has 0 saturated carbocycles. The standard InChI is InChI=1S/C31H52O5/c1-3-5-7-9-11-13-15-17-19-21-23-25-30(33)35-28-29(27-32)36-31(34)26-24-22-20-18-16-14-12-10-8-6-4-2/h19-26,29,32H,3-18,27-28H2,1-2H3/b21-19+,22-20+,25-23+,26-24+/t29-/m1/s1. The van der Waals surface area contributed by atoms with Crippen LogP contribution in [0.3, 0.4) is 0 Å². The molecule has 0 aliphatic carbocycles. The first-order valence-electron chi connectivity index (χ1n) is 14.3. The van der Waals surface area contributed by atoms with Crippen molar-refractivity contribution in [2.45, 2.75) is 123 Å². The molecule has 36 heavy (non-hydrogen) atoms. The molecule has 206 valence electrons. The summed E-state index contributed by atoms with van der Waals surface area (Å²) in [6, 6.07) is 0. The monoisotopic (exact) mass is 504 g/mol. The minimum absolute atomic E-state index is 0.185. The summed E-state index contributed by atoms with van der Waals surface area (Å²) < 4.78 is 10.2. The highest BCUT2D eigenvalue weighted by molar-refractivity contribution is 5.83. The Labute approximate surface area is 220 Å². The number of hydrogen-bond acceptors (Lipinski definition) is 5.